The lowest BCUT2D eigenvalue weighted by molar-refractivity contribution is 1.21. The van der Waals surface area contributed by atoms with Gasteiger partial charge in [-0.3, -0.25) is 0 Å². The summed E-state index contributed by atoms with van der Waals surface area (Å²) >= 11 is 7.07. The van der Waals surface area contributed by atoms with Gasteiger partial charge < -0.3 is 10.6 Å². The molecule has 0 spiro atoms. The lowest BCUT2D eigenvalue weighted by Crippen LogP contribution is -2.33. The van der Waals surface area contributed by atoms with Gasteiger partial charge in [0.05, 0.1) is 11.4 Å². The largest absolute Gasteiger partial charge is 0.369 e. The first-order valence-corrected chi connectivity index (χ1v) is 9.40. The topological polar surface area (TPSA) is 41.6 Å². The fourth-order valence-corrected chi connectivity index (χ4v) is 3.93. The first kappa shape index (κ1) is 16.4. The van der Waals surface area contributed by atoms with Crippen molar-refractivity contribution in [3.8, 4) is 0 Å². The van der Waals surface area contributed by atoms with E-state index in [9.17, 15) is 0 Å². The molecule has 0 atom stereocenters. The molecule has 25 heavy (non-hydrogen) atoms. The van der Waals surface area contributed by atoms with E-state index in [0.29, 0.717) is 5.96 Å². The Labute approximate surface area is 163 Å². The van der Waals surface area contributed by atoms with Crippen molar-refractivity contribution in [2.24, 2.45) is 10.7 Å². The van der Waals surface area contributed by atoms with E-state index in [1.807, 2.05) is 36.2 Å². The molecule has 0 bridgehead atoms. The van der Waals surface area contributed by atoms with Crippen molar-refractivity contribution < 1.29 is 0 Å². The van der Waals surface area contributed by atoms with Gasteiger partial charge in [0.2, 0.25) is 5.96 Å². The van der Waals surface area contributed by atoms with Gasteiger partial charge in [-0.25, -0.2) is 4.99 Å². The highest BCUT2D eigenvalue weighted by Crippen LogP contribution is 2.37. The van der Waals surface area contributed by atoms with Gasteiger partial charge in [-0.15, -0.1) is 0 Å². The molecule has 0 fully saturated rings. The molecule has 1 aliphatic carbocycles. The van der Waals surface area contributed by atoms with Crippen LogP contribution in [0.15, 0.2) is 62.5 Å². The highest BCUT2D eigenvalue weighted by atomic mass is 79.9. The highest BCUT2D eigenvalue weighted by molar-refractivity contribution is 9.11. The van der Waals surface area contributed by atoms with Crippen molar-refractivity contribution in [3.63, 3.8) is 0 Å². The van der Waals surface area contributed by atoms with Crippen molar-refractivity contribution in [2.75, 3.05) is 11.9 Å². The van der Waals surface area contributed by atoms with Crippen LogP contribution in [-0.2, 0) is 0 Å². The molecule has 0 amide bonds. The number of guanidine groups is 1. The van der Waals surface area contributed by atoms with Gasteiger partial charge in [0.25, 0.3) is 0 Å². The van der Waals surface area contributed by atoms with Gasteiger partial charge >= 0.3 is 0 Å². The average Bonchev–Trinajstić information content (AvgIpc) is 3.05. The summed E-state index contributed by atoms with van der Waals surface area (Å²) < 4.78 is 1.95. The molecule has 3 nitrogen and oxygen atoms in total. The van der Waals surface area contributed by atoms with Crippen molar-refractivity contribution in [1.29, 1.82) is 0 Å². The molecule has 2 N–H and O–H groups in total. The van der Waals surface area contributed by atoms with Gasteiger partial charge in [0.1, 0.15) is 0 Å². The minimum Gasteiger partial charge on any atom is -0.369 e. The fourth-order valence-electron chi connectivity index (χ4n) is 3.07. The number of rotatable bonds is 2. The molecule has 3 aromatic carbocycles. The Hall–Kier alpha value is -2.11. The molecule has 0 aliphatic heterocycles. The number of hydrogen-bond acceptors (Lipinski definition) is 1. The zero-order valence-electron chi connectivity index (χ0n) is 13.5. The quantitative estimate of drug-likeness (QED) is 0.300. The summed E-state index contributed by atoms with van der Waals surface area (Å²) in [4.78, 5) is 6.56. The maximum Gasteiger partial charge on any atom is 0.200 e. The van der Waals surface area contributed by atoms with Crippen LogP contribution in [0.3, 0.4) is 0 Å². The van der Waals surface area contributed by atoms with Gasteiger partial charge in [0.15, 0.2) is 0 Å². The summed E-state index contributed by atoms with van der Waals surface area (Å²) in [6.07, 6.45) is 4.24. The lowest BCUT2D eigenvalue weighted by atomic mass is 10.0. The molecule has 124 valence electrons. The minimum absolute atomic E-state index is 0.437. The van der Waals surface area contributed by atoms with Gasteiger partial charge in [-0.1, -0.05) is 52.3 Å². The first-order valence-electron chi connectivity index (χ1n) is 7.81. The van der Waals surface area contributed by atoms with Crippen molar-refractivity contribution in [3.05, 3.63) is 68.6 Å². The van der Waals surface area contributed by atoms with Crippen LogP contribution in [0.4, 0.5) is 11.4 Å². The third-order valence-corrected chi connectivity index (χ3v) is 5.54. The van der Waals surface area contributed by atoms with Crippen LogP contribution in [0.5, 0.6) is 0 Å². The summed E-state index contributed by atoms with van der Waals surface area (Å²) in [5, 5.41) is 2.46. The Morgan fingerprint density at radius 2 is 1.88 bits per heavy atom. The second-order valence-electron chi connectivity index (χ2n) is 5.90. The summed E-state index contributed by atoms with van der Waals surface area (Å²) in [5.41, 5.74) is 10.5. The van der Waals surface area contributed by atoms with E-state index in [2.05, 4.69) is 68.3 Å². The number of aliphatic imine (C=N–C) groups is 1. The van der Waals surface area contributed by atoms with E-state index in [1.54, 1.807) is 0 Å². The van der Waals surface area contributed by atoms with Crippen LogP contribution in [0.25, 0.3) is 22.9 Å². The smallest absolute Gasteiger partial charge is 0.200 e. The third-order valence-electron chi connectivity index (χ3n) is 4.37. The SMILES string of the molecule is CN(C(N)=Nc1ccc2cccc3c2c1C=C3)c1cc(Br)ccc1Br. The third kappa shape index (κ3) is 2.87. The molecule has 4 rings (SSSR count). The first-order chi connectivity index (χ1) is 12.0. The van der Waals surface area contributed by atoms with E-state index in [1.165, 1.54) is 16.3 Å². The van der Waals surface area contributed by atoms with E-state index >= 15 is 0 Å². The Morgan fingerprint density at radius 3 is 2.72 bits per heavy atom. The molecule has 1 aliphatic rings. The van der Waals surface area contributed by atoms with Crippen molar-refractivity contribution >= 4 is 72.1 Å². The molecule has 0 aromatic heterocycles. The molecule has 0 saturated heterocycles. The molecular formula is C20H15Br2N3. The molecule has 0 saturated carbocycles. The van der Waals surface area contributed by atoms with Gasteiger partial charge in [0, 0.05) is 21.6 Å². The minimum atomic E-state index is 0.437. The number of hydrogen-bond donors (Lipinski definition) is 1. The Kier molecular flexibility index (Phi) is 4.13. The molecule has 0 radical (unpaired) electrons. The zero-order valence-corrected chi connectivity index (χ0v) is 16.7. The standard InChI is InChI=1S/C20H15Br2N3/c1-25(18-11-14(21)7-9-16(18)22)20(23)24-17-10-6-13-4-2-3-12-5-8-15(17)19(12)13/h2-11H,1H3,(H2,23,24). The van der Waals surface area contributed by atoms with Crippen molar-refractivity contribution in [2.45, 2.75) is 0 Å². The van der Waals surface area contributed by atoms with Crippen molar-refractivity contribution in [1.82, 2.24) is 0 Å². The predicted octanol–water partition coefficient (Wildman–Crippen LogP) is 5.93. The Morgan fingerprint density at radius 1 is 1.04 bits per heavy atom. The summed E-state index contributed by atoms with van der Waals surface area (Å²) in [7, 11) is 1.91. The molecule has 0 unspecified atom stereocenters. The van der Waals surface area contributed by atoms with Crippen LogP contribution in [0.1, 0.15) is 11.1 Å². The molecular weight excluding hydrogens is 442 g/mol. The normalized spacial score (nSPS) is 12.8. The maximum absolute atomic E-state index is 6.30. The number of benzene rings is 3. The Bertz CT molecular complexity index is 1050. The Balaban J connectivity index is 1.78. The number of anilines is 1. The van der Waals surface area contributed by atoms with Crippen LogP contribution in [0, 0.1) is 0 Å². The maximum atomic E-state index is 6.30. The summed E-state index contributed by atoms with van der Waals surface area (Å²) in [6, 6.07) is 16.4. The fraction of sp³-hybridized carbons (Fsp3) is 0.0500. The molecule has 5 heteroatoms. The van der Waals surface area contributed by atoms with Crippen LogP contribution < -0.4 is 10.6 Å². The monoisotopic (exact) mass is 455 g/mol. The highest BCUT2D eigenvalue weighted by Gasteiger charge is 2.15. The van der Waals surface area contributed by atoms with E-state index in [-0.39, 0.29) is 0 Å². The lowest BCUT2D eigenvalue weighted by Gasteiger charge is -2.20. The second-order valence-corrected chi connectivity index (χ2v) is 7.67. The summed E-state index contributed by atoms with van der Waals surface area (Å²) in [6.45, 7) is 0. The van der Waals surface area contributed by atoms with Crippen LogP contribution >= 0.6 is 31.9 Å². The van der Waals surface area contributed by atoms with Gasteiger partial charge in [-0.05, 0) is 56.5 Å². The van der Waals surface area contributed by atoms with Crippen LogP contribution in [-0.4, -0.2) is 13.0 Å². The van der Waals surface area contributed by atoms with E-state index < -0.39 is 0 Å². The predicted molar refractivity (Wildman–Crippen MR) is 114 cm³/mol. The number of nitrogens with two attached hydrogens (primary N) is 1. The molecule has 0 heterocycles. The number of halogens is 2. The molecule has 3 aromatic rings. The van der Waals surface area contributed by atoms with Gasteiger partial charge in [-0.2, -0.15) is 0 Å². The second kappa shape index (κ2) is 6.32. The summed E-state index contributed by atoms with van der Waals surface area (Å²) in [5.74, 6) is 0.437. The van der Waals surface area contributed by atoms with E-state index in [0.717, 1.165) is 25.9 Å². The average molecular weight is 457 g/mol. The van der Waals surface area contributed by atoms with E-state index in [4.69, 9.17) is 10.7 Å². The van der Waals surface area contributed by atoms with Crippen LogP contribution in [0.2, 0.25) is 0 Å². The zero-order chi connectivity index (χ0) is 17.6. The number of nitrogens with zero attached hydrogens (tertiary/aromatic N) is 2.